The van der Waals surface area contributed by atoms with Gasteiger partial charge in [0, 0.05) is 31.7 Å². The molecular formula is C20H26N6O3S. The van der Waals surface area contributed by atoms with E-state index in [1.807, 2.05) is 28.8 Å². The number of fused-ring (bicyclic) bond motifs is 1. The number of anilines is 1. The molecule has 0 spiro atoms. The maximum Gasteiger partial charge on any atom is 0.276 e. The molecule has 0 aliphatic carbocycles. The van der Waals surface area contributed by atoms with Crippen LogP contribution in [0.3, 0.4) is 0 Å². The van der Waals surface area contributed by atoms with Gasteiger partial charge in [0.25, 0.3) is 10.2 Å². The zero-order valence-electron chi connectivity index (χ0n) is 17.3. The maximum atomic E-state index is 11.6. The predicted molar refractivity (Wildman–Crippen MR) is 116 cm³/mol. The summed E-state index contributed by atoms with van der Waals surface area (Å²) in [5.41, 5.74) is 4.07. The third-order valence-corrected chi connectivity index (χ3v) is 6.89. The Morgan fingerprint density at radius 3 is 2.47 bits per heavy atom. The normalized spacial score (nSPS) is 15.8. The first-order valence-corrected chi connectivity index (χ1v) is 11.3. The summed E-state index contributed by atoms with van der Waals surface area (Å²) in [4.78, 5) is 6.75. The predicted octanol–water partition coefficient (Wildman–Crippen LogP) is 1.82. The highest BCUT2D eigenvalue weighted by Crippen LogP contribution is 2.32. The van der Waals surface area contributed by atoms with E-state index in [2.05, 4.69) is 28.0 Å². The topological polar surface area (TPSA) is 106 Å². The first kappa shape index (κ1) is 20.6. The summed E-state index contributed by atoms with van der Waals surface area (Å²) in [6, 6.07) is 9.89. The van der Waals surface area contributed by atoms with Crippen LogP contribution in [0.25, 0.3) is 16.8 Å². The number of aryl methyl sites for hydroxylation is 1. The van der Waals surface area contributed by atoms with Crippen LogP contribution in [0.2, 0.25) is 0 Å². The van der Waals surface area contributed by atoms with Crippen LogP contribution in [0.1, 0.15) is 18.4 Å². The van der Waals surface area contributed by atoms with Gasteiger partial charge in [-0.25, -0.2) is 14.6 Å². The van der Waals surface area contributed by atoms with Crippen LogP contribution in [0.5, 0.6) is 5.75 Å². The Hall–Kier alpha value is -2.69. The zero-order chi connectivity index (χ0) is 21.5. The van der Waals surface area contributed by atoms with E-state index in [9.17, 15) is 8.42 Å². The third kappa shape index (κ3) is 3.73. The van der Waals surface area contributed by atoms with Crippen molar-refractivity contribution in [2.24, 2.45) is 5.14 Å². The number of nitrogens with two attached hydrogens (primary N) is 1. The molecule has 0 bridgehead atoms. The lowest BCUT2D eigenvalue weighted by Gasteiger charge is -2.36. The van der Waals surface area contributed by atoms with E-state index in [1.165, 1.54) is 11.4 Å². The summed E-state index contributed by atoms with van der Waals surface area (Å²) >= 11 is 0. The van der Waals surface area contributed by atoms with Gasteiger partial charge < -0.3 is 9.64 Å². The second kappa shape index (κ2) is 7.86. The maximum absolute atomic E-state index is 11.6. The average molecular weight is 431 g/mol. The second-order valence-corrected chi connectivity index (χ2v) is 9.17. The molecule has 10 heteroatoms. The molecule has 1 fully saturated rings. The molecule has 0 atom stereocenters. The van der Waals surface area contributed by atoms with Crippen LogP contribution in [-0.2, 0) is 10.2 Å². The molecular weight excluding hydrogens is 404 g/mol. The molecule has 0 saturated carbocycles. The number of aromatic nitrogens is 3. The number of methoxy groups -OCH3 is 1. The fraction of sp³-hybridized carbons (Fsp3) is 0.400. The van der Waals surface area contributed by atoms with Gasteiger partial charge in [0.2, 0.25) is 0 Å². The second-order valence-electron chi connectivity index (χ2n) is 7.56. The van der Waals surface area contributed by atoms with E-state index in [-0.39, 0.29) is 6.04 Å². The summed E-state index contributed by atoms with van der Waals surface area (Å²) in [7, 11) is -0.496. The number of piperidine rings is 1. The summed E-state index contributed by atoms with van der Waals surface area (Å²) in [6.45, 7) is 3.44. The number of rotatable bonds is 5. The molecule has 160 valence electrons. The highest BCUT2D eigenvalue weighted by molar-refractivity contribution is 7.86. The highest BCUT2D eigenvalue weighted by Gasteiger charge is 2.29. The minimum atomic E-state index is -3.68. The van der Waals surface area contributed by atoms with Crippen LogP contribution >= 0.6 is 0 Å². The van der Waals surface area contributed by atoms with Gasteiger partial charge in [-0.15, -0.1) is 0 Å². The minimum Gasteiger partial charge on any atom is -0.497 e. The van der Waals surface area contributed by atoms with E-state index in [0.717, 1.165) is 33.9 Å². The monoisotopic (exact) mass is 430 g/mol. The van der Waals surface area contributed by atoms with E-state index >= 15 is 0 Å². The van der Waals surface area contributed by atoms with Crippen LogP contribution in [-0.4, -0.2) is 60.6 Å². The fourth-order valence-corrected chi connectivity index (χ4v) is 4.68. The summed E-state index contributed by atoms with van der Waals surface area (Å²) in [5.74, 6) is 1.66. The molecule has 1 aliphatic rings. The molecule has 0 radical (unpaired) electrons. The van der Waals surface area contributed by atoms with Gasteiger partial charge in [0.1, 0.15) is 17.6 Å². The van der Waals surface area contributed by atoms with E-state index in [0.29, 0.717) is 25.9 Å². The Balaban J connectivity index is 1.64. The molecule has 3 aromatic rings. The molecule has 0 unspecified atom stereocenters. The third-order valence-electron chi connectivity index (χ3n) is 5.79. The Morgan fingerprint density at radius 2 is 1.87 bits per heavy atom. The van der Waals surface area contributed by atoms with Gasteiger partial charge in [-0.2, -0.15) is 17.8 Å². The molecule has 30 heavy (non-hydrogen) atoms. The lowest BCUT2D eigenvalue weighted by atomic mass is 10.1. The van der Waals surface area contributed by atoms with E-state index in [4.69, 9.17) is 9.88 Å². The standard InChI is InChI=1S/C20H26N6O3S/c1-14-12-18(15-4-6-17(29-3)7-5-15)26-19(14)20(22-13-23-26)25-10-8-16(9-11-25)24(2)30(21,27)28/h4-7,12-13,16H,8-11H2,1-3H3,(H2,21,27,28). The zero-order valence-corrected chi connectivity index (χ0v) is 18.1. The van der Waals surface area contributed by atoms with Crippen molar-refractivity contribution in [3.05, 3.63) is 42.2 Å². The van der Waals surface area contributed by atoms with E-state index in [1.54, 1.807) is 13.4 Å². The van der Waals surface area contributed by atoms with Crippen LogP contribution in [0.15, 0.2) is 36.7 Å². The van der Waals surface area contributed by atoms with Crippen molar-refractivity contribution < 1.29 is 13.2 Å². The Bertz CT molecular complexity index is 1150. The molecule has 3 heterocycles. The van der Waals surface area contributed by atoms with Gasteiger partial charge in [-0.05, 0) is 55.7 Å². The number of hydrogen-bond donors (Lipinski definition) is 1. The molecule has 9 nitrogen and oxygen atoms in total. The van der Waals surface area contributed by atoms with Crippen molar-refractivity contribution in [3.8, 4) is 17.0 Å². The Labute approximate surface area is 176 Å². The van der Waals surface area contributed by atoms with Gasteiger partial charge in [0.05, 0.1) is 12.8 Å². The molecule has 1 saturated heterocycles. The largest absolute Gasteiger partial charge is 0.497 e. The highest BCUT2D eigenvalue weighted by atomic mass is 32.2. The average Bonchev–Trinajstić information content (AvgIpc) is 3.09. The number of ether oxygens (including phenoxy) is 1. The summed E-state index contributed by atoms with van der Waals surface area (Å²) in [6.07, 6.45) is 2.94. The van der Waals surface area contributed by atoms with Gasteiger partial charge in [0.15, 0.2) is 5.82 Å². The lowest BCUT2D eigenvalue weighted by Crippen LogP contribution is -2.47. The van der Waals surface area contributed by atoms with E-state index < -0.39 is 10.2 Å². The minimum absolute atomic E-state index is 0.100. The van der Waals surface area contributed by atoms with Gasteiger partial charge >= 0.3 is 0 Å². The van der Waals surface area contributed by atoms with Crippen molar-refractivity contribution in [2.45, 2.75) is 25.8 Å². The number of hydrogen-bond acceptors (Lipinski definition) is 6. The van der Waals surface area contributed by atoms with Crippen molar-refractivity contribution in [1.82, 2.24) is 18.9 Å². The fourth-order valence-electron chi connectivity index (χ4n) is 4.05. The molecule has 2 aromatic heterocycles. The SMILES string of the molecule is COc1ccc(-c2cc(C)c3c(N4CCC(N(C)S(N)(=O)=O)CC4)ncnn23)cc1. The molecule has 1 aromatic carbocycles. The van der Waals surface area contributed by atoms with Crippen LogP contribution < -0.4 is 14.8 Å². The smallest absolute Gasteiger partial charge is 0.276 e. The Morgan fingerprint density at radius 1 is 1.20 bits per heavy atom. The van der Waals surface area contributed by atoms with Crippen LogP contribution in [0, 0.1) is 6.92 Å². The summed E-state index contributed by atoms with van der Waals surface area (Å²) in [5, 5.41) is 9.77. The molecule has 2 N–H and O–H groups in total. The first-order valence-electron chi connectivity index (χ1n) is 9.78. The molecule has 1 aliphatic heterocycles. The lowest BCUT2D eigenvalue weighted by molar-refractivity contribution is 0.312. The summed E-state index contributed by atoms with van der Waals surface area (Å²) < 4.78 is 31.7. The van der Waals surface area contributed by atoms with Gasteiger partial charge in [-0.1, -0.05) is 0 Å². The molecule has 0 amide bonds. The quantitative estimate of drug-likeness (QED) is 0.662. The van der Waals surface area contributed by atoms with Gasteiger partial charge in [-0.3, -0.25) is 0 Å². The first-order chi connectivity index (χ1) is 14.3. The van der Waals surface area contributed by atoms with Crippen LogP contribution in [0.4, 0.5) is 5.82 Å². The van der Waals surface area contributed by atoms with Crippen molar-refractivity contribution in [3.63, 3.8) is 0 Å². The Kier molecular flexibility index (Phi) is 5.39. The van der Waals surface area contributed by atoms with Crippen molar-refractivity contribution in [2.75, 3.05) is 32.1 Å². The van der Waals surface area contributed by atoms with Crippen molar-refractivity contribution in [1.29, 1.82) is 0 Å². The number of nitrogens with zero attached hydrogens (tertiary/aromatic N) is 5. The number of benzene rings is 1. The van der Waals surface area contributed by atoms with Crippen molar-refractivity contribution >= 4 is 21.5 Å². The molecule has 4 rings (SSSR count).